The van der Waals surface area contributed by atoms with Crippen molar-refractivity contribution < 1.29 is 4.79 Å². The summed E-state index contributed by atoms with van der Waals surface area (Å²) in [4.78, 5) is 17.6. The molecule has 24 heavy (non-hydrogen) atoms. The topological polar surface area (TPSA) is 59.8 Å². The molecule has 1 saturated carbocycles. The third-order valence-corrected chi connectivity index (χ3v) is 4.52. The molecule has 0 aliphatic heterocycles. The number of pyridine rings is 1. The lowest BCUT2D eigenvalue weighted by atomic mass is 10.1. The zero-order valence-corrected chi connectivity index (χ0v) is 13.9. The van der Waals surface area contributed by atoms with Gasteiger partial charge in [0, 0.05) is 25.2 Å². The highest BCUT2D eigenvalue weighted by Gasteiger charge is 2.28. The van der Waals surface area contributed by atoms with Gasteiger partial charge >= 0.3 is 0 Å². The number of carbonyl (C=O) groups excluding carboxylic acids is 1. The number of rotatable bonds is 4. The average molecular weight is 320 g/mol. The first-order valence-corrected chi connectivity index (χ1v) is 8.30. The van der Waals surface area contributed by atoms with Gasteiger partial charge in [-0.1, -0.05) is 30.3 Å². The maximum Gasteiger partial charge on any atom is 0.252 e. The van der Waals surface area contributed by atoms with Gasteiger partial charge in [-0.3, -0.25) is 9.48 Å². The minimum atomic E-state index is -0.0655. The Morgan fingerprint density at radius 3 is 2.75 bits per heavy atom. The van der Waals surface area contributed by atoms with Gasteiger partial charge in [0.1, 0.15) is 0 Å². The highest BCUT2D eigenvalue weighted by atomic mass is 16.1. The standard InChI is InChI=1S/C19H20N4O/c1-12-17-15(19(24)20-11-13-6-4-3-5-7-13)10-16(14-8-9-14)21-18(17)23(2)22-12/h3-7,10,14H,8-9,11H2,1-2H3,(H,20,24). The van der Waals surface area contributed by atoms with Crippen LogP contribution in [0.1, 0.15) is 46.1 Å². The predicted octanol–water partition coefficient (Wildman–Crippen LogP) is 3.08. The van der Waals surface area contributed by atoms with E-state index in [1.54, 1.807) is 4.68 Å². The molecule has 0 atom stereocenters. The number of hydrogen-bond donors (Lipinski definition) is 1. The summed E-state index contributed by atoms with van der Waals surface area (Å²) in [5, 5.41) is 8.33. The monoisotopic (exact) mass is 320 g/mol. The lowest BCUT2D eigenvalue weighted by Gasteiger charge is -2.09. The van der Waals surface area contributed by atoms with Gasteiger partial charge in [-0.2, -0.15) is 5.10 Å². The van der Waals surface area contributed by atoms with Crippen molar-refractivity contribution in [1.82, 2.24) is 20.1 Å². The number of nitrogens with zero attached hydrogens (tertiary/aromatic N) is 3. The Balaban J connectivity index is 1.70. The minimum absolute atomic E-state index is 0.0655. The third kappa shape index (κ3) is 2.66. The Kier molecular flexibility index (Phi) is 3.56. The number of hydrogen-bond acceptors (Lipinski definition) is 3. The van der Waals surface area contributed by atoms with Crippen molar-refractivity contribution in [3.8, 4) is 0 Å². The zero-order chi connectivity index (χ0) is 16.7. The van der Waals surface area contributed by atoms with Gasteiger partial charge in [0.15, 0.2) is 5.65 Å². The van der Waals surface area contributed by atoms with Crippen molar-refractivity contribution in [2.45, 2.75) is 32.2 Å². The molecule has 122 valence electrons. The molecule has 2 aromatic heterocycles. The van der Waals surface area contributed by atoms with E-state index in [1.807, 2.05) is 50.4 Å². The molecule has 0 saturated heterocycles. The number of nitrogens with one attached hydrogen (secondary N) is 1. The Morgan fingerprint density at radius 1 is 1.29 bits per heavy atom. The number of aryl methyl sites for hydroxylation is 2. The van der Waals surface area contributed by atoms with E-state index in [0.717, 1.165) is 40.8 Å². The van der Waals surface area contributed by atoms with Gasteiger partial charge < -0.3 is 5.32 Å². The van der Waals surface area contributed by atoms with Gasteiger partial charge in [-0.05, 0) is 31.4 Å². The fraction of sp³-hybridized carbons (Fsp3) is 0.316. The minimum Gasteiger partial charge on any atom is -0.348 e. The van der Waals surface area contributed by atoms with Gasteiger partial charge in [0.05, 0.1) is 16.6 Å². The molecular formula is C19H20N4O. The van der Waals surface area contributed by atoms with Crippen LogP contribution < -0.4 is 5.32 Å². The zero-order valence-electron chi connectivity index (χ0n) is 13.9. The number of benzene rings is 1. The van der Waals surface area contributed by atoms with Crippen molar-refractivity contribution in [1.29, 1.82) is 0 Å². The van der Waals surface area contributed by atoms with E-state index < -0.39 is 0 Å². The number of aromatic nitrogens is 3. The average Bonchev–Trinajstić information content (AvgIpc) is 3.40. The van der Waals surface area contributed by atoms with E-state index >= 15 is 0 Å². The van der Waals surface area contributed by atoms with Crippen molar-refractivity contribution in [2.24, 2.45) is 7.05 Å². The second-order valence-electron chi connectivity index (χ2n) is 6.44. The summed E-state index contributed by atoms with van der Waals surface area (Å²) in [6.07, 6.45) is 2.31. The maximum atomic E-state index is 12.8. The van der Waals surface area contributed by atoms with Gasteiger partial charge in [-0.25, -0.2) is 4.98 Å². The fourth-order valence-electron chi connectivity index (χ4n) is 3.10. The van der Waals surface area contributed by atoms with Crippen LogP contribution in [0.2, 0.25) is 0 Å². The Bertz CT molecular complexity index is 910. The number of carbonyl (C=O) groups is 1. The molecule has 0 bridgehead atoms. The molecule has 1 aromatic carbocycles. The van der Waals surface area contributed by atoms with E-state index in [1.165, 1.54) is 0 Å². The first-order chi connectivity index (χ1) is 11.6. The van der Waals surface area contributed by atoms with Crippen LogP contribution in [0.25, 0.3) is 11.0 Å². The first kappa shape index (κ1) is 14.9. The van der Waals surface area contributed by atoms with Crippen LogP contribution in [0.3, 0.4) is 0 Å². The molecule has 1 aliphatic rings. The third-order valence-electron chi connectivity index (χ3n) is 4.52. The second-order valence-corrected chi connectivity index (χ2v) is 6.44. The molecule has 0 spiro atoms. The molecule has 1 fully saturated rings. The summed E-state index contributed by atoms with van der Waals surface area (Å²) >= 11 is 0. The smallest absolute Gasteiger partial charge is 0.252 e. The summed E-state index contributed by atoms with van der Waals surface area (Å²) in [6.45, 7) is 2.44. The van der Waals surface area contributed by atoms with Crippen LogP contribution in [-0.2, 0) is 13.6 Å². The molecule has 5 heteroatoms. The molecule has 1 aliphatic carbocycles. The highest BCUT2D eigenvalue weighted by molar-refractivity contribution is 6.06. The van der Waals surface area contributed by atoms with Gasteiger partial charge in [0.2, 0.25) is 0 Å². The van der Waals surface area contributed by atoms with Crippen LogP contribution in [0, 0.1) is 6.92 Å². The van der Waals surface area contributed by atoms with Gasteiger partial charge in [0.25, 0.3) is 5.91 Å². The van der Waals surface area contributed by atoms with Crippen LogP contribution in [-0.4, -0.2) is 20.7 Å². The van der Waals surface area contributed by atoms with Crippen molar-refractivity contribution in [2.75, 3.05) is 0 Å². The van der Waals surface area contributed by atoms with Crippen molar-refractivity contribution >= 4 is 16.9 Å². The summed E-state index contributed by atoms with van der Waals surface area (Å²) in [6, 6.07) is 11.9. The molecule has 1 amide bonds. The lowest BCUT2D eigenvalue weighted by molar-refractivity contribution is 0.0952. The predicted molar refractivity (Wildman–Crippen MR) is 92.8 cm³/mol. The van der Waals surface area contributed by atoms with E-state index in [9.17, 15) is 4.79 Å². The van der Waals surface area contributed by atoms with Crippen molar-refractivity contribution in [3.63, 3.8) is 0 Å². The van der Waals surface area contributed by atoms with E-state index in [2.05, 4.69) is 10.4 Å². The highest BCUT2D eigenvalue weighted by Crippen LogP contribution is 2.40. The van der Waals surface area contributed by atoms with Crippen LogP contribution in [0.4, 0.5) is 0 Å². The fourth-order valence-corrected chi connectivity index (χ4v) is 3.10. The molecule has 3 aromatic rings. The summed E-state index contributed by atoms with van der Waals surface area (Å²) in [5.41, 5.74) is 4.41. The molecule has 1 N–H and O–H groups in total. The quantitative estimate of drug-likeness (QED) is 0.803. The molecule has 5 nitrogen and oxygen atoms in total. The van der Waals surface area contributed by atoms with Crippen molar-refractivity contribution in [3.05, 3.63) is 58.9 Å². The van der Waals surface area contributed by atoms with E-state index in [0.29, 0.717) is 18.0 Å². The molecule has 0 radical (unpaired) electrons. The summed E-state index contributed by atoms with van der Waals surface area (Å²) in [5.74, 6) is 0.425. The molecule has 0 unspecified atom stereocenters. The number of amides is 1. The lowest BCUT2D eigenvalue weighted by Crippen LogP contribution is -2.23. The summed E-state index contributed by atoms with van der Waals surface area (Å²) in [7, 11) is 1.88. The Labute approximate surface area is 140 Å². The molecule has 4 rings (SSSR count). The normalized spacial score (nSPS) is 14.1. The van der Waals surface area contributed by atoms with Crippen LogP contribution in [0.15, 0.2) is 36.4 Å². The Morgan fingerprint density at radius 2 is 2.04 bits per heavy atom. The summed E-state index contributed by atoms with van der Waals surface area (Å²) < 4.78 is 1.77. The van der Waals surface area contributed by atoms with Crippen LogP contribution in [0.5, 0.6) is 0 Å². The van der Waals surface area contributed by atoms with E-state index in [-0.39, 0.29) is 5.91 Å². The molecule has 2 heterocycles. The number of fused-ring (bicyclic) bond motifs is 1. The SMILES string of the molecule is Cc1nn(C)c2nc(C3CC3)cc(C(=O)NCc3ccccc3)c12. The second kappa shape index (κ2) is 5.74. The van der Waals surface area contributed by atoms with Gasteiger partial charge in [-0.15, -0.1) is 0 Å². The largest absolute Gasteiger partial charge is 0.348 e. The molecular weight excluding hydrogens is 300 g/mol. The van der Waals surface area contributed by atoms with Crippen LogP contribution >= 0.6 is 0 Å². The Hall–Kier alpha value is -2.69. The maximum absolute atomic E-state index is 12.8. The first-order valence-electron chi connectivity index (χ1n) is 8.30. The van der Waals surface area contributed by atoms with E-state index in [4.69, 9.17) is 4.98 Å².